The Labute approximate surface area is 238 Å². The molecule has 2 aromatic carbocycles. The molecule has 0 amide bonds. The predicted molar refractivity (Wildman–Crippen MR) is 152 cm³/mol. The van der Waals surface area contributed by atoms with Crippen LogP contribution in [0.3, 0.4) is 0 Å². The molecule has 3 aromatic rings. The van der Waals surface area contributed by atoms with Crippen LogP contribution in [0.1, 0.15) is 37.9 Å². The molecule has 9 nitrogen and oxygen atoms in total. The molecular formula is C28H29BrN2O7S. The van der Waals surface area contributed by atoms with Gasteiger partial charge >= 0.3 is 5.97 Å². The molecule has 1 aliphatic heterocycles. The van der Waals surface area contributed by atoms with E-state index in [0.717, 1.165) is 0 Å². The van der Waals surface area contributed by atoms with Crippen molar-refractivity contribution in [2.24, 2.45) is 4.99 Å². The minimum Gasteiger partial charge on any atom is -0.496 e. The number of fused-ring (bicyclic) bond motifs is 1. The van der Waals surface area contributed by atoms with Crippen LogP contribution in [-0.2, 0) is 9.53 Å². The van der Waals surface area contributed by atoms with Gasteiger partial charge in [-0.25, -0.2) is 9.79 Å². The zero-order valence-electron chi connectivity index (χ0n) is 22.5. The summed E-state index contributed by atoms with van der Waals surface area (Å²) >= 11 is 4.72. The molecule has 0 saturated carbocycles. The van der Waals surface area contributed by atoms with Crippen molar-refractivity contribution in [1.29, 1.82) is 0 Å². The van der Waals surface area contributed by atoms with Gasteiger partial charge in [-0.1, -0.05) is 23.5 Å². The number of allylic oxidation sites excluding steroid dienone is 1. The van der Waals surface area contributed by atoms with E-state index in [1.54, 1.807) is 59.5 Å². The van der Waals surface area contributed by atoms with Crippen LogP contribution in [0, 0.1) is 0 Å². The molecule has 11 heteroatoms. The fourth-order valence-electron chi connectivity index (χ4n) is 4.43. The largest absolute Gasteiger partial charge is 0.496 e. The summed E-state index contributed by atoms with van der Waals surface area (Å²) in [5.41, 5.74) is 1.66. The maximum atomic E-state index is 14.0. The molecule has 0 spiro atoms. The van der Waals surface area contributed by atoms with E-state index in [4.69, 9.17) is 23.7 Å². The monoisotopic (exact) mass is 616 g/mol. The number of esters is 1. The normalized spacial score (nSPS) is 14.9. The van der Waals surface area contributed by atoms with Gasteiger partial charge in [0, 0.05) is 17.2 Å². The molecule has 0 aliphatic carbocycles. The lowest BCUT2D eigenvalue weighted by Crippen LogP contribution is -2.40. The zero-order valence-corrected chi connectivity index (χ0v) is 24.9. The number of rotatable bonds is 9. The van der Waals surface area contributed by atoms with E-state index in [9.17, 15) is 9.59 Å². The minimum atomic E-state index is -0.844. The molecule has 1 aliphatic rings. The summed E-state index contributed by atoms with van der Waals surface area (Å²) in [6.45, 7) is 5.86. The average Bonchev–Trinajstić information content (AvgIpc) is 3.22. The second-order valence-electron chi connectivity index (χ2n) is 8.34. The number of benzene rings is 2. The predicted octanol–water partition coefficient (Wildman–Crippen LogP) is 3.99. The molecule has 0 fully saturated rings. The number of para-hydroxylation sites is 1. The van der Waals surface area contributed by atoms with Crippen LogP contribution in [0.5, 0.6) is 23.0 Å². The van der Waals surface area contributed by atoms with Gasteiger partial charge < -0.3 is 23.7 Å². The van der Waals surface area contributed by atoms with E-state index in [2.05, 4.69) is 20.9 Å². The Balaban J connectivity index is 2.03. The number of carbonyl (C=O) groups is 1. The molecule has 0 radical (unpaired) electrons. The van der Waals surface area contributed by atoms with Crippen LogP contribution < -0.4 is 33.8 Å². The van der Waals surface area contributed by atoms with Crippen molar-refractivity contribution in [3.8, 4) is 23.0 Å². The highest BCUT2D eigenvalue weighted by atomic mass is 79.9. The van der Waals surface area contributed by atoms with Crippen molar-refractivity contribution >= 4 is 39.3 Å². The lowest BCUT2D eigenvalue weighted by molar-refractivity contribution is -0.139. The third-order valence-electron chi connectivity index (χ3n) is 6.12. The topological polar surface area (TPSA) is 97.6 Å². The lowest BCUT2D eigenvalue weighted by Gasteiger charge is -2.26. The number of thiazole rings is 1. The number of aromatic nitrogens is 1. The highest BCUT2D eigenvalue weighted by Gasteiger charge is 2.36. The molecule has 1 aromatic heterocycles. The summed E-state index contributed by atoms with van der Waals surface area (Å²) in [5, 5.41) is 0. The Morgan fingerprint density at radius 2 is 1.79 bits per heavy atom. The second-order valence-corrected chi connectivity index (χ2v) is 10.2. The highest BCUT2D eigenvalue weighted by molar-refractivity contribution is 9.10. The first-order chi connectivity index (χ1) is 18.8. The van der Waals surface area contributed by atoms with Gasteiger partial charge in [-0.2, -0.15) is 0 Å². The van der Waals surface area contributed by atoms with Gasteiger partial charge in [0.25, 0.3) is 5.56 Å². The van der Waals surface area contributed by atoms with Crippen LogP contribution in [0.4, 0.5) is 0 Å². The van der Waals surface area contributed by atoms with E-state index in [1.807, 2.05) is 19.1 Å². The Bertz CT molecular complexity index is 1620. The van der Waals surface area contributed by atoms with Crippen molar-refractivity contribution in [3.63, 3.8) is 0 Å². The van der Waals surface area contributed by atoms with Gasteiger partial charge in [0.15, 0.2) is 16.3 Å². The number of hydrogen-bond donors (Lipinski definition) is 0. The number of nitrogens with zero attached hydrogens (tertiary/aromatic N) is 2. The molecule has 1 atom stereocenters. The van der Waals surface area contributed by atoms with Gasteiger partial charge in [-0.15, -0.1) is 0 Å². The van der Waals surface area contributed by atoms with Crippen molar-refractivity contribution in [3.05, 3.63) is 76.9 Å². The van der Waals surface area contributed by atoms with Gasteiger partial charge in [-0.05, 0) is 54.9 Å². The molecule has 0 N–H and O–H groups in total. The van der Waals surface area contributed by atoms with Crippen molar-refractivity contribution in [2.75, 3.05) is 34.5 Å². The number of hydrogen-bond acceptors (Lipinski definition) is 9. The SMILES string of the molecule is CCOC(=O)C1=C(C)N=c2s/c(=C/c3cc(Br)c(OC)cc3OC)c(=O)n2[C@@H]1c1cccc(OC)c1OCC. The van der Waals surface area contributed by atoms with E-state index < -0.39 is 12.0 Å². The third-order valence-corrected chi connectivity index (χ3v) is 7.72. The van der Waals surface area contributed by atoms with Crippen LogP contribution in [0.2, 0.25) is 0 Å². The Morgan fingerprint density at radius 1 is 1.08 bits per heavy atom. The summed E-state index contributed by atoms with van der Waals surface area (Å²) in [6.07, 6.45) is 1.74. The molecular weight excluding hydrogens is 588 g/mol. The minimum absolute atomic E-state index is 0.176. The summed E-state index contributed by atoms with van der Waals surface area (Å²) in [5.74, 6) is 1.51. The van der Waals surface area contributed by atoms with Gasteiger partial charge in [-0.3, -0.25) is 9.36 Å². The standard InChI is InChI=1S/C28H29BrN2O7S/c1-7-37-25-17(10-9-11-19(25)34-4)24-23(27(33)38-8-2)15(3)30-28-31(24)26(32)22(39-28)13-16-12-18(29)21(36-6)14-20(16)35-5/h9-14,24H,7-8H2,1-6H3/b22-13+/t24-/m1/s1. The van der Waals surface area contributed by atoms with Crippen LogP contribution in [0.15, 0.2) is 55.9 Å². The third kappa shape index (κ3) is 5.33. The van der Waals surface area contributed by atoms with Gasteiger partial charge in [0.2, 0.25) is 0 Å². The smallest absolute Gasteiger partial charge is 0.338 e. The maximum Gasteiger partial charge on any atom is 0.338 e. The van der Waals surface area contributed by atoms with E-state index in [1.165, 1.54) is 15.9 Å². The first-order valence-electron chi connectivity index (χ1n) is 12.2. The second kappa shape index (κ2) is 12.1. The summed E-state index contributed by atoms with van der Waals surface area (Å²) in [7, 11) is 4.66. The van der Waals surface area contributed by atoms with Crippen molar-refractivity contribution < 1.29 is 28.5 Å². The van der Waals surface area contributed by atoms with Crippen molar-refractivity contribution in [1.82, 2.24) is 4.57 Å². The van der Waals surface area contributed by atoms with Crippen LogP contribution >= 0.6 is 27.3 Å². The van der Waals surface area contributed by atoms with E-state index in [-0.39, 0.29) is 17.7 Å². The molecule has 2 heterocycles. The van der Waals surface area contributed by atoms with Crippen LogP contribution in [-0.4, -0.2) is 45.1 Å². The van der Waals surface area contributed by atoms with Gasteiger partial charge in [0.05, 0.1) is 54.8 Å². The Kier molecular flexibility index (Phi) is 8.81. The summed E-state index contributed by atoms with van der Waals surface area (Å²) < 4.78 is 30.5. The highest BCUT2D eigenvalue weighted by Crippen LogP contribution is 2.41. The Hall–Kier alpha value is -3.57. The zero-order chi connectivity index (χ0) is 28.3. The molecule has 0 bridgehead atoms. The molecule has 4 rings (SSSR count). The first-order valence-corrected chi connectivity index (χ1v) is 13.8. The van der Waals surface area contributed by atoms with Gasteiger partial charge in [0.1, 0.15) is 17.5 Å². The fourth-order valence-corrected chi connectivity index (χ4v) is 5.99. The fraction of sp³-hybridized carbons (Fsp3) is 0.321. The van der Waals surface area contributed by atoms with Crippen LogP contribution in [0.25, 0.3) is 6.08 Å². The summed E-state index contributed by atoms with van der Waals surface area (Å²) in [4.78, 5) is 32.4. The Morgan fingerprint density at radius 3 is 2.44 bits per heavy atom. The molecule has 39 heavy (non-hydrogen) atoms. The maximum absolute atomic E-state index is 14.0. The number of carbonyl (C=O) groups excluding carboxylic acids is 1. The quantitative estimate of drug-likeness (QED) is 0.335. The lowest BCUT2D eigenvalue weighted by atomic mass is 9.94. The average molecular weight is 618 g/mol. The van der Waals surface area contributed by atoms with E-state index >= 15 is 0 Å². The van der Waals surface area contributed by atoms with E-state index in [0.29, 0.717) is 60.2 Å². The molecule has 0 unspecified atom stereocenters. The number of methoxy groups -OCH3 is 3. The number of ether oxygens (including phenoxy) is 5. The first kappa shape index (κ1) is 28.4. The molecule has 0 saturated heterocycles. The number of halogens is 1. The summed E-state index contributed by atoms with van der Waals surface area (Å²) in [6, 6.07) is 8.10. The molecule has 206 valence electrons. The van der Waals surface area contributed by atoms with Crippen molar-refractivity contribution in [2.45, 2.75) is 26.8 Å².